The Labute approximate surface area is 112 Å². The van der Waals surface area contributed by atoms with Gasteiger partial charge in [-0.2, -0.15) is 4.98 Å². The predicted octanol–water partition coefficient (Wildman–Crippen LogP) is 2.56. The molecule has 0 bridgehead atoms. The second kappa shape index (κ2) is 5.48. The highest BCUT2D eigenvalue weighted by Crippen LogP contribution is 2.28. The van der Waals surface area contributed by atoms with Crippen LogP contribution in [0.1, 0.15) is 38.1 Å². The lowest BCUT2D eigenvalue weighted by Crippen LogP contribution is -2.20. The Kier molecular flexibility index (Phi) is 3.95. The fourth-order valence-corrected chi connectivity index (χ4v) is 2.24. The first-order valence-electron chi connectivity index (χ1n) is 6.44. The van der Waals surface area contributed by atoms with E-state index in [1.165, 1.54) is 0 Å². The molecule has 1 N–H and O–H groups in total. The minimum atomic E-state index is -0.530. The summed E-state index contributed by atoms with van der Waals surface area (Å²) in [6.45, 7) is 7.73. The summed E-state index contributed by atoms with van der Waals surface area (Å²) in [5.41, 5.74) is 1.71. The summed E-state index contributed by atoms with van der Waals surface area (Å²) in [6.07, 6.45) is 1.17. The molecular weight excluding hydrogens is 242 g/mol. The molecule has 2 unspecified atom stereocenters. The average molecular weight is 261 g/mol. The normalized spacial score (nSPS) is 14.6. The molecule has 19 heavy (non-hydrogen) atoms. The minimum Gasteiger partial charge on any atom is -0.393 e. The number of pyridine rings is 1. The zero-order chi connectivity index (χ0) is 14.0. The molecule has 2 atom stereocenters. The average Bonchev–Trinajstić information content (AvgIpc) is 2.77. The molecule has 0 saturated heterocycles. The molecule has 0 saturated carbocycles. The van der Waals surface area contributed by atoms with Gasteiger partial charge in [-0.15, -0.1) is 0 Å². The van der Waals surface area contributed by atoms with E-state index in [1.54, 1.807) is 13.1 Å². The molecule has 0 aliphatic heterocycles. The first kappa shape index (κ1) is 13.7. The zero-order valence-electron chi connectivity index (χ0n) is 11.7. The molecule has 102 valence electrons. The monoisotopic (exact) mass is 261 g/mol. The van der Waals surface area contributed by atoms with Crippen LogP contribution in [0.5, 0.6) is 0 Å². The number of aromatic nitrogens is 3. The van der Waals surface area contributed by atoms with E-state index >= 15 is 0 Å². The lowest BCUT2D eigenvalue weighted by Gasteiger charge is -2.19. The van der Waals surface area contributed by atoms with Crippen molar-refractivity contribution in [2.24, 2.45) is 5.92 Å². The Morgan fingerprint density at radius 2 is 2.00 bits per heavy atom. The van der Waals surface area contributed by atoms with Crippen LogP contribution in [0.25, 0.3) is 11.5 Å². The van der Waals surface area contributed by atoms with Crippen LogP contribution in [0.2, 0.25) is 0 Å². The van der Waals surface area contributed by atoms with Gasteiger partial charge in [-0.3, -0.25) is 4.98 Å². The zero-order valence-corrected chi connectivity index (χ0v) is 11.7. The topological polar surface area (TPSA) is 72.0 Å². The van der Waals surface area contributed by atoms with Gasteiger partial charge in [0, 0.05) is 6.20 Å². The molecule has 0 aliphatic carbocycles. The number of rotatable bonds is 4. The highest BCUT2D eigenvalue weighted by atomic mass is 16.5. The summed E-state index contributed by atoms with van der Waals surface area (Å²) in [5.74, 6) is 0.993. The molecule has 2 aromatic rings. The quantitative estimate of drug-likeness (QED) is 0.915. The summed E-state index contributed by atoms with van der Waals surface area (Å²) in [6, 6.07) is 3.82. The van der Waals surface area contributed by atoms with Crippen LogP contribution in [0, 0.1) is 12.8 Å². The van der Waals surface area contributed by atoms with E-state index in [4.69, 9.17) is 4.52 Å². The molecule has 0 aliphatic rings. The van der Waals surface area contributed by atoms with Gasteiger partial charge < -0.3 is 9.63 Å². The van der Waals surface area contributed by atoms with Gasteiger partial charge in [-0.25, -0.2) is 0 Å². The van der Waals surface area contributed by atoms with Crippen LogP contribution in [-0.2, 0) is 0 Å². The highest BCUT2D eigenvalue weighted by molar-refractivity contribution is 5.53. The number of hydrogen-bond donors (Lipinski definition) is 1. The Morgan fingerprint density at radius 3 is 2.58 bits per heavy atom. The van der Waals surface area contributed by atoms with E-state index < -0.39 is 6.10 Å². The lowest BCUT2D eigenvalue weighted by molar-refractivity contribution is 0.120. The molecule has 0 amide bonds. The van der Waals surface area contributed by atoms with Gasteiger partial charge in [0.2, 0.25) is 11.7 Å². The Balaban J connectivity index is 2.36. The highest BCUT2D eigenvalue weighted by Gasteiger charge is 2.27. The van der Waals surface area contributed by atoms with E-state index in [0.29, 0.717) is 17.4 Å². The van der Waals surface area contributed by atoms with Crippen LogP contribution in [0.4, 0.5) is 0 Å². The van der Waals surface area contributed by atoms with Crippen molar-refractivity contribution in [1.29, 1.82) is 0 Å². The van der Waals surface area contributed by atoms with E-state index in [9.17, 15) is 5.11 Å². The molecule has 2 aromatic heterocycles. The fourth-order valence-electron chi connectivity index (χ4n) is 2.24. The molecular formula is C14H19N3O2. The predicted molar refractivity (Wildman–Crippen MR) is 71.5 cm³/mol. The van der Waals surface area contributed by atoms with E-state index in [2.05, 4.69) is 15.1 Å². The summed E-state index contributed by atoms with van der Waals surface area (Å²) in [4.78, 5) is 8.65. The number of aryl methyl sites for hydroxylation is 1. The van der Waals surface area contributed by atoms with Crippen LogP contribution in [0.3, 0.4) is 0 Å². The third-order valence-corrected chi connectivity index (χ3v) is 3.19. The summed E-state index contributed by atoms with van der Waals surface area (Å²) < 4.78 is 5.30. The Hall–Kier alpha value is -1.75. The first-order chi connectivity index (χ1) is 9.00. The van der Waals surface area contributed by atoms with Crippen molar-refractivity contribution in [1.82, 2.24) is 15.1 Å². The van der Waals surface area contributed by atoms with Crippen LogP contribution < -0.4 is 0 Å². The molecule has 5 nitrogen and oxygen atoms in total. The van der Waals surface area contributed by atoms with Crippen LogP contribution in [0.15, 0.2) is 22.9 Å². The maximum atomic E-state index is 9.83. The van der Waals surface area contributed by atoms with Crippen molar-refractivity contribution in [2.75, 3.05) is 0 Å². The van der Waals surface area contributed by atoms with Gasteiger partial charge in [0.25, 0.3) is 0 Å². The molecule has 5 heteroatoms. The van der Waals surface area contributed by atoms with Crippen LogP contribution >= 0.6 is 0 Å². The Morgan fingerprint density at radius 1 is 1.26 bits per heavy atom. The molecule has 0 spiro atoms. The maximum Gasteiger partial charge on any atom is 0.232 e. The number of aliphatic hydroxyl groups is 1. The first-order valence-corrected chi connectivity index (χ1v) is 6.44. The SMILES string of the molecule is Cc1cccnc1-c1noc(C(C(C)C)C(C)O)n1. The van der Waals surface area contributed by atoms with Gasteiger partial charge in [-0.05, 0) is 31.4 Å². The molecule has 0 fully saturated rings. The third-order valence-electron chi connectivity index (χ3n) is 3.19. The lowest BCUT2D eigenvalue weighted by atomic mass is 9.91. The summed E-state index contributed by atoms with van der Waals surface area (Å²) >= 11 is 0. The molecule has 2 heterocycles. The molecule has 2 rings (SSSR count). The second-order valence-electron chi connectivity index (χ2n) is 5.14. The van der Waals surface area contributed by atoms with Gasteiger partial charge >= 0.3 is 0 Å². The number of aliphatic hydroxyl groups excluding tert-OH is 1. The third kappa shape index (κ3) is 2.81. The Bertz CT molecular complexity index is 541. The second-order valence-corrected chi connectivity index (χ2v) is 5.14. The molecule has 0 aromatic carbocycles. The fraction of sp³-hybridized carbons (Fsp3) is 0.500. The van der Waals surface area contributed by atoms with Gasteiger partial charge in [0.1, 0.15) is 5.69 Å². The maximum absolute atomic E-state index is 9.83. The molecule has 0 radical (unpaired) electrons. The smallest absolute Gasteiger partial charge is 0.232 e. The van der Waals surface area contributed by atoms with Crippen molar-refractivity contribution in [3.05, 3.63) is 29.8 Å². The van der Waals surface area contributed by atoms with E-state index in [-0.39, 0.29) is 11.8 Å². The van der Waals surface area contributed by atoms with Crippen molar-refractivity contribution in [3.8, 4) is 11.5 Å². The van der Waals surface area contributed by atoms with Crippen molar-refractivity contribution < 1.29 is 9.63 Å². The van der Waals surface area contributed by atoms with Gasteiger partial charge in [0.05, 0.1) is 12.0 Å². The minimum absolute atomic E-state index is 0.162. The van der Waals surface area contributed by atoms with Gasteiger partial charge in [0.15, 0.2) is 0 Å². The van der Waals surface area contributed by atoms with Crippen LogP contribution in [-0.4, -0.2) is 26.3 Å². The van der Waals surface area contributed by atoms with Crippen molar-refractivity contribution in [2.45, 2.75) is 39.7 Å². The number of hydrogen-bond acceptors (Lipinski definition) is 5. The van der Waals surface area contributed by atoms with E-state index in [1.807, 2.05) is 32.9 Å². The summed E-state index contributed by atoms with van der Waals surface area (Å²) in [7, 11) is 0. The van der Waals surface area contributed by atoms with Crippen molar-refractivity contribution >= 4 is 0 Å². The van der Waals surface area contributed by atoms with Gasteiger partial charge in [-0.1, -0.05) is 25.1 Å². The largest absolute Gasteiger partial charge is 0.393 e. The number of nitrogens with zero attached hydrogens (tertiary/aromatic N) is 3. The summed E-state index contributed by atoms with van der Waals surface area (Å²) in [5, 5.41) is 13.8. The van der Waals surface area contributed by atoms with E-state index in [0.717, 1.165) is 5.56 Å². The standard InChI is InChI=1S/C14H19N3O2/c1-8(2)11(10(4)18)14-16-13(17-19-14)12-9(3)6-5-7-15-12/h5-8,10-11,18H,1-4H3. The van der Waals surface area contributed by atoms with Crippen molar-refractivity contribution in [3.63, 3.8) is 0 Å².